The fourth-order valence-corrected chi connectivity index (χ4v) is 9.09. The van der Waals surface area contributed by atoms with E-state index in [2.05, 4.69) is 20.8 Å². The first-order chi connectivity index (χ1) is 22.2. The first-order valence-corrected chi connectivity index (χ1v) is 23.6. The molecule has 0 aromatic carbocycles. The summed E-state index contributed by atoms with van der Waals surface area (Å²) >= 11 is 6.88. The number of hydrogen-bond donors (Lipinski definition) is 0. The summed E-state index contributed by atoms with van der Waals surface area (Å²) in [5, 5.41) is 0.455. The first kappa shape index (κ1) is 45.7. The minimum absolute atomic E-state index is 0.455. The van der Waals surface area contributed by atoms with Gasteiger partial charge in [-0.1, -0.05) is 263 Å². The van der Waals surface area contributed by atoms with Crippen molar-refractivity contribution in [3.05, 3.63) is 0 Å². The average Bonchev–Trinajstić information content (AvgIpc) is 3.05. The monoisotopic (exact) mass is 671 g/mol. The number of rotatable bonds is 40. The van der Waals surface area contributed by atoms with Gasteiger partial charge >= 0.3 is 0 Å². The third kappa shape index (κ3) is 34.4. The van der Waals surface area contributed by atoms with E-state index < -0.39 is 0 Å². The highest BCUT2D eigenvalue weighted by Gasteiger charge is 2.28. The van der Waals surface area contributed by atoms with Crippen molar-refractivity contribution in [2.45, 2.75) is 276 Å². The minimum Gasteiger partial charge on any atom is -0.0995 e. The van der Waals surface area contributed by atoms with Gasteiger partial charge in [-0.05, 0) is 27.2 Å². The van der Waals surface area contributed by atoms with Crippen LogP contribution in [0.1, 0.15) is 271 Å². The molecule has 0 bridgehead atoms. The summed E-state index contributed by atoms with van der Waals surface area (Å²) in [6.45, 7) is 6.95. The predicted octanol–water partition coefficient (Wildman–Crippen LogP) is 17.8. The molecule has 0 nitrogen and oxygen atoms in total. The lowest BCUT2D eigenvalue weighted by Crippen LogP contribution is -2.22. The van der Waals surface area contributed by atoms with Gasteiger partial charge in [-0.3, -0.25) is 0 Å². The molecule has 0 fully saturated rings. The van der Waals surface area contributed by atoms with Gasteiger partial charge < -0.3 is 0 Å². The maximum Gasteiger partial charge on any atom is 0.00165 e. The normalized spacial score (nSPS) is 12.3. The lowest BCUT2D eigenvalue weighted by molar-refractivity contribution is 0.400. The standard InChI is InChI=1S/C43H88ClP/c1-4-7-10-13-16-19-22-25-28-31-34-37-40-43(45-44,41-38-35-32-29-26-23-20-17-14-11-8-5-2)42-39-36-33-30-27-24-21-18-15-12-9-6-3/h45H,4-42H2,1-3H3. The van der Waals surface area contributed by atoms with E-state index in [-0.39, 0.29) is 0 Å². The van der Waals surface area contributed by atoms with Crippen LogP contribution in [0.25, 0.3) is 0 Å². The van der Waals surface area contributed by atoms with Crippen molar-refractivity contribution in [3.8, 4) is 0 Å². The van der Waals surface area contributed by atoms with E-state index in [9.17, 15) is 0 Å². The third-order valence-corrected chi connectivity index (χ3v) is 13.1. The van der Waals surface area contributed by atoms with Crippen LogP contribution < -0.4 is 0 Å². The lowest BCUT2D eigenvalue weighted by atomic mass is 9.88. The second-order valence-electron chi connectivity index (χ2n) is 15.3. The van der Waals surface area contributed by atoms with Crippen LogP contribution in [0.2, 0.25) is 0 Å². The molecule has 2 heteroatoms. The molecule has 0 radical (unpaired) electrons. The number of halogens is 1. The predicted molar refractivity (Wildman–Crippen MR) is 214 cm³/mol. The maximum atomic E-state index is 6.88. The van der Waals surface area contributed by atoms with Crippen molar-refractivity contribution < 1.29 is 0 Å². The summed E-state index contributed by atoms with van der Waals surface area (Å²) in [6.07, 6.45) is 56.3. The van der Waals surface area contributed by atoms with E-state index in [4.69, 9.17) is 11.2 Å². The SMILES string of the molecule is CCCCCCCCCCCCCCC(CCCCCCCCCCCCCC)(CCCCCCCCCCCCCC)PCl. The molecule has 0 rings (SSSR count). The highest BCUT2D eigenvalue weighted by molar-refractivity contribution is 7.69. The quantitative estimate of drug-likeness (QED) is 0.0449. The fourth-order valence-electron chi connectivity index (χ4n) is 7.43. The number of unbranched alkanes of at least 4 members (excludes halogenated alkanes) is 33. The summed E-state index contributed by atoms with van der Waals surface area (Å²) in [7, 11) is 0.626. The first-order valence-electron chi connectivity index (χ1n) is 21.6. The summed E-state index contributed by atoms with van der Waals surface area (Å²) in [4.78, 5) is 0. The molecule has 0 saturated carbocycles. The Balaban J connectivity index is 4.21. The van der Waals surface area contributed by atoms with Gasteiger partial charge in [0, 0.05) is 5.16 Å². The zero-order chi connectivity index (χ0) is 32.8. The Morgan fingerprint density at radius 3 is 0.578 bits per heavy atom. The Morgan fingerprint density at radius 1 is 0.267 bits per heavy atom. The Bertz CT molecular complexity index is 451. The summed E-state index contributed by atoms with van der Waals surface area (Å²) in [6, 6.07) is 0. The highest BCUT2D eigenvalue weighted by atomic mass is 35.7. The van der Waals surface area contributed by atoms with Gasteiger partial charge in [-0.2, -0.15) is 0 Å². The third-order valence-electron chi connectivity index (χ3n) is 10.7. The Kier molecular flexibility index (Phi) is 39.8. The van der Waals surface area contributed by atoms with Gasteiger partial charge in [0.1, 0.15) is 0 Å². The van der Waals surface area contributed by atoms with Crippen molar-refractivity contribution >= 4 is 19.2 Å². The van der Waals surface area contributed by atoms with Gasteiger partial charge in [0.05, 0.1) is 0 Å². The molecule has 0 heterocycles. The van der Waals surface area contributed by atoms with Gasteiger partial charge in [-0.25, -0.2) is 0 Å². The van der Waals surface area contributed by atoms with E-state index >= 15 is 0 Å². The van der Waals surface area contributed by atoms with E-state index in [1.165, 1.54) is 250 Å². The largest absolute Gasteiger partial charge is 0.0995 e. The molecule has 0 N–H and O–H groups in total. The molecule has 0 amide bonds. The molecule has 45 heavy (non-hydrogen) atoms. The molecular weight excluding hydrogens is 583 g/mol. The van der Waals surface area contributed by atoms with Crippen LogP contribution in [0.3, 0.4) is 0 Å². The zero-order valence-corrected chi connectivity index (χ0v) is 33.7. The Morgan fingerprint density at radius 2 is 0.422 bits per heavy atom. The van der Waals surface area contributed by atoms with Crippen molar-refractivity contribution in [2.75, 3.05) is 0 Å². The molecule has 0 aromatic rings. The van der Waals surface area contributed by atoms with Gasteiger partial charge in [0.25, 0.3) is 0 Å². The molecule has 1 unspecified atom stereocenters. The minimum atomic E-state index is 0.455. The topological polar surface area (TPSA) is 0 Å². The molecule has 0 spiro atoms. The molecule has 0 aromatic heterocycles. The highest BCUT2D eigenvalue weighted by Crippen LogP contribution is 2.48. The van der Waals surface area contributed by atoms with E-state index in [0.29, 0.717) is 13.1 Å². The van der Waals surface area contributed by atoms with Crippen LogP contribution >= 0.6 is 19.2 Å². The van der Waals surface area contributed by atoms with Crippen LogP contribution in [0.5, 0.6) is 0 Å². The molecule has 0 saturated heterocycles. The van der Waals surface area contributed by atoms with Crippen LogP contribution in [-0.4, -0.2) is 5.16 Å². The van der Waals surface area contributed by atoms with Crippen molar-refractivity contribution in [3.63, 3.8) is 0 Å². The Hall–Kier alpha value is 0.720. The average molecular weight is 672 g/mol. The van der Waals surface area contributed by atoms with E-state index in [1.54, 1.807) is 0 Å². The molecule has 1 atom stereocenters. The molecular formula is C43H88ClP. The van der Waals surface area contributed by atoms with E-state index in [0.717, 1.165) is 0 Å². The summed E-state index contributed by atoms with van der Waals surface area (Å²) < 4.78 is 0. The van der Waals surface area contributed by atoms with Crippen LogP contribution in [0.4, 0.5) is 0 Å². The second-order valence-corrected chi connectivity index (χ2v) is 17.1. The van der Waals surface area contributed by atoms with Gasteiger partial charge in [0.2, 0.25) is 0 Å². The maximum absolute atomic E-state index is 6.88. The summed E-state index contributed by atoms with van der Waals surface area (Å²) in [5.74, 6) is 0. The molecule has 0 aliphatic carbocycles. The van der Waals surface area contributed by atoms with Gasteiger partial charge in [0.15, 0.2) is 0 Å². The zero-order valence-electron chi connectivity index (χ0n) is 32.0. The van der Waals surface area contributed by atoms with Crippen LogP contribution in [0.15, 0.2) is 0 Å². The Labute approximate surface area is 294 Å². The van der Waals surface area contributed by atoms with Crippen molar-refractivity contribution in [2.24, 2.45) is 0 Å². The fraction of sp³-hybridized carbons (Fsp3) is 1.00. The van der Waals surface area contributed by atoms with Gasteiger partial charge in [-0.15, -0.1) is 0 Å². The van der Waals surface area contributed by atoms with Crippen molar-refractivity contribution in [1.82, 2.24) is 0 Å². The van der Waals surface area contributed by atoms with Crippen LogP contribution in [-0.2, 0) is 0 Å². The summed E-state index contributed by atoms with van der Waals surface area (Å²) in [5.41, 5.74) is 0. The lowest BCUT2D eigenvalue weighted by Gasteiger charge is -2.32. The molecule has 0 aliphatic heterocycles. The molecule has 272 valence electrons. The van der Waals surface area contributed by atoms with E-state index in [1.807, 2.05) is 0 Å². The number of hydrogen-bond acceptors (Lipinski definition) is 0. The molecule has 0 aliphatic rings. The van der Waals surface area contributed by atoms with Crippen LogP contribution in [0, 0.1) is 0 Å². The second kappa shape index (κ2) is 39.2. The van der Waals surface area contributed by atoms with Crippen molar-refractivity contribution in [1.29, 1.82) is 0 Å². The smallest absolute Gasteiger partial charge is 0.00165 e.